The molecule has 36 heavy (non-hydrogen) atoms. The summed E-state index contributed by atoms with van der Waals surface area (Å²) in [5.41, 5.74) is 7.33. The Morgan fingerprint density at radius 2 is 1.78 bits per heavy atom. The molecule has 0 saturated heterocycles. The van der Waals surface area contributed by atoms with Gasteiger partial charge in [0.1, 0.15) is 5.82 Å². The molecule has 0 aliphatic heterocycles. The van der Waals surface area contributed by atoms with E-state index in [1.807, 2.05) is 19.9 Å². The number of nitrogens with zero attached hydrogens (tertiary/aromatic N) is 6. The van der Waals surface area contributed by atoms with Gasteiger partial charge in [0, 0.05) is 36.6 Å². The highest BCUT2D eigenvalue weighted by molar-refractivity contribution is 5.98. The van der Waals surface area contributed by atoms with Crippen molar-refractivity contribution in [2.45, 2.75) is 32.5 Å². The molecule has 4 rings (SSSR count). The highest BCUT2D eigenvalue weighted by Crippen LogP contribution is 2.29. The number of fused-ring (bicyclic) bond motifs is 1. The summed E-state index contributed by atoms with van der Waals surface area (Å²) in [5.74, 6) is 0.393. The highest BCUT2D eigenvalue weighted by Gasteiger charge is 2.31. The molecule has 0 spiro atoms. The lowest BCUT2D eigenvalue weighted by Crippen LogP contribution is -2.45. The van der Waals surface area contributed by atoms with E-state index < -0.39 is 17.6 Å². The number of benzene rings is 1. The number of nitrogens with two attached hydrogens (primary N) is 1. The van der Waals surface area contributed by atoms with Gasteiger partial charge in [0.2, 0.25) is 5.95 Å². The summed E-state index contributed by atoms with van der Waals surface area (Å²) in [5, 5.41) is 3.50. The van der Waals surface area contributed by atoms with Crippen LogP contribution >= 0.6 is 0 Å². The highest BCUT2D eigenvalue weighted by atomic mass is 19.4. The van der Waals surface area contributed by atoms with Crippen LogP contribution in [-0.4, -0.2) is 37.9 Å². The Hall–Kier alpha value is -4.28. The number of hydrogen-bond donors (Lipinski definition) is 1. The van der Waals surface area contributed by atoms with E-state index in [2.05, 4.69) is 19.9 Å². The van der Waals surface area contributed by atoms with Crippen LogP contribution in [0.25, 0.3) is 10.9 Å². The molecule has 1 amide bonds. The molecule has 11 heteroatoms. The van der Waals surface area contributed by atoms with Crippen LogP contribution in [0, 0.1) is 0 Å². The SMILES string of the molecule is CC(C)c1cc2cc(C(=O)N(Cc3ccc(C(F)(F)F)cn3)N(C)c3ncccn3)ccc2nc1N. The number of aromatic nitrogens is 4. The molecule has 2 N–H and O–H groups in total. The van der Waals surface area contributed by atoms with Crippen LogP contribution in [0.2, 0.25) is 0 Å². The van der Waals surface area contributed by atoms with Crippen molar-refractivity contribution in [1.82, 2.24) is 24.9 Å². The zero-order valence-electron chi connectivity index (χ0n) is 19.9. The Morgan fingerprint density at radius 1 is 1.06 bits per heavy atom. The number of pyridine rings is 2. The van der Waals surface area contributed by atoms with E-state index in [4.69, 9.17) is 5.73 Å². The summed E-state index contributed by atoms with van der Waals surface area (Å²) in [6.45, 7) is 3.89. The number of alkyl halides is 3. The number of amides is 1. The van der Waals surface area contributed by atoms with Gasteiger partial charge in [0.05, 0.1) is 23.3 Å². The van der Waals surface area contributed by atoms with Gasteiger partial charge in [-0.3, -0.25) is 14.8 Å². The Morgan fingerprint density at radius 3 is 2.39 bits per heavy atom. The molecule has 1 aromatic carbocycles. The Kier molecular flexibility index (Phi) is 6.73. The third-order valence-electron chi connectivity index (χ3n) is 5.65. The summed E-state index contributed by atoms with van der Waals surface area (Å²) in [6, 6.07) is 10.8. The van der Waals surface area contributed by atoms with Gasteiger partial charge in [-0.05, 0) is 53.9 Å². The average Bonchev–Trinajstić information content (AvgIpc) is 2.86. The molecular formula is C25H24F3N7O. The van der Waals surface area contributed by atoms with E-state index in [0.29, 0.717) is 16.9 Å². The summed E-state index contributed by atoms with van der Waals surface area (Å²) in [7, 11) is 1.59. The number of rotatable bonds is 6. The minimum Gasteiger partial charge on any atom is -0.383 e. The first kappa shape index (κ1) is 24.8. The van der Waals surface area contributed by atoms with Crippen LogP contribution in [0.3, 0.4) is 0 Å². The van der Waals surface area contributed by atoms with Crippen molar-refractivity contribution >= 4 is 28.6 Å². The predicted molar refractivity (Wildman–Crippen MR) is 130 cm³/mol. The van der Waals surface area contributed by atoms with Crippen LogP contribution < -0.4 is 10.7 Å². The minimum absolute atomic E-state index is 0.110. The maximum absolute atomic E-state index is 13.7. The monoisotopic (exact) mass is 495 g/mol. The van der Waals surface area contributed by atoms with Crippen molar-refractivity contribution in [2.24, 2.45) is 0 Å². The van der Waals surface area contributed by atoms with E-state index >= 15 is 0 Å². The van der Waals surface area contributed by atoms with E-state index in [0.717, 1.165) is 23.2 Å². The predicted octanol–water partition coefficient (Wildman–Crippen LogP) is 4.84. The fraction of sp³-hybridized carbons (Fsp3) is 0.240. The van der Waals surface area contributed by atoms with Crippen molar-refractivity contribution < 1.29 is 18.0 Å². The molecule has 0 fully saturated rings. The third-order valence-corrected chi connectivity index (χ3v) is 5.65. The summed E-state index contributed by atoms with van der Waals surface area (Å²) in [6.07, 6.45) is -0.710. The average molecular weight is 496 g/mol. The molecule has 0 unspecified atom stereocenters. The maximum Gasteiger partial charge on any atom is 0.417 e. The second kappa shape index (κ2) is 9.76. The lowest BCUT2D eigenvalue weighted by Gasteiger charge is -2.31. The number of hydrogen-bond acceptors (Lipinski definition) is 7. The Bertz CT molecular complexity index is 1380. The molecule has 3 aromatic heterocycles. The summed E-state index contributed by atoms with van der Waals surface area (Å²) in [4.78, 5) is 30.4. The second-order valence-electron chi connectivity index (χ2n) is 8.50. The van der Waals surface area contributed by atoms with Crippen LogP contribution in [0.15, 0.2) is 61.1 Å². The fourth-order valence-electron chi connectivity index (χ4n) is 3.67. The quantitative estimate of drug-likeness (QED) is 0.382. The van der Waals surface area contributed by atoms with Crippen LogP contribution in [-0.2, 0) is 12.7 Å². The smallest absolute Gasteiger partial charge is 0.383 e. The number of carbonyl (C=O) groups is 1. The number of hydrazine groups is 1. The number of halogens is 3. The summed E-state index contributed by atoms with van der Waals surface area (Å²) >= 11 is 0. The van der Waals surface area contributed by atoms with E-state index in [1.54, 1.807) is 31.3 Å². The molecule has 8 nitrogen and oxygen atoms in total. The third kappa shape index (κ3) is 5.19. The van der Waals surface area contributed by atoms with Gasteiger partial charge in [0.25, 0.3) is 5.91 Å². The first-order valence-electron chi connectivity index (χ1n) is 11.1. The number of carbonyl (C=O) groups excluding carboxylic acids is 1. The van der Waals surface area contributed by atoms with Crippen LogP contribution in [0.5, 0.6) is 0 Å². The van der Waals surface area contributed by atoms with Gasteiger partial charge in [-0.15, -0.1) is 0 Å². The normalized spacial score (nSPS) is 11.6. The summed E-state index contributed by atoms with van der Waals surface area (Å²) < 4.78 is 38.9. The van der Waals surface area contributed by atoms with Crippen molar-refractivity contribution in [2.75, 3.05) is 17.8 Å². The van der Waals surface area contributed by atoms with Crippen LogP contribution in [0.4, 0.5) is 24.9 Å². The molecule has 3 heterocycles. The van der Waals surface area contributed by atoms with E-state index in [1.165, 1.54) is 28.5 Å². The van der Waals surface area contributed by atoms with Crippen molar-refractivity contribution in [1.29, 1.82) is 0 Å². The Balaban J connectivity index is 1.72. The van der Waals surface area contributed by atoms with Gasteiger partial charge in [-0.2, -0.15) is 13.2 Å². The largest absolute Gasteiger partial charge is 0.417 e. The molecule has 0 radical (unpaired) electrons. The first-order valence-corrected chi connectivity index (χ1v) is 11.1. The molecule has 0 atom stereocenters. The van der Waals surface area contributed by atoms with E-state index in [9.17, 15) is 18.0 Å². The van der Waals surface area contributed by atoms with Gasteiger partial charge in [0.15, 0.2) is 0 Å². The van der Waals surface area contributed by atoms with Crippen molar-refractivity contribution in [3.05, 3.63) is 83.4 Å². The first-order chi connectivity index (χ1) is 17.0. The van der Waals surface area contributed by atoms with Crippen molar-refractivity contribution in [3.63, 3.8) is 0 Å². The maximum atomic E-state index is 13.7. The lowest BCUT2D eigenvalue weighted by atomic mass is 10.0. The molecule has 0 aliphatic rings. The molecule has 186 valence electrons. The topological polar surface area (TPSA) is 101 Å². The van der Waals surface area contributed by atoms with Gasteiger partial charge < -0.3 is 5.73 Å². The number of anilines is 2. The zero-order chi connectivity index (χ0) is 26.0. The fourth-order valence-corrected chi connectivity index (χ4v) is 3.67. The van der Waals surface area contributed by atoms with Crippen molar-refractivity contribution in [3.8, 4) is 0 Å². The second-order valence-corrected chi connectivity index (χ2v) is 8.50. The van der Waals surface area contributed by atoms with Crippen LogP contribution in [0.1, 0.15) is 46.9 Å². The van der Waals surface area contributed by atoms with E-state index in [-0.39, 0.29) is 24.1 Å². The van der Waals surface area contributed by atoms with Gasteiger partial charge >= 0.3 is 6.18 Å². The van der Waals surface area contributed by atoms with Gasteiger partial charge in [-0.1, -0.05) is 13.8 Å². The minimum atomic E-state index is -4.51. The molecular weight excluding hydrogens is 471 g/mol. The van der Waals surface area contributed by atoms with Gasteiger partial charge in [-0.25, -0.2) is 20.0 Å². The zero-order valence-corrected chi connectivity index (χ0v) is 19.9. The number of nitrogen functional groups attached to an aromatic ring is 1. The lowest BCUT2D eigenvalue weighted by molar-refractivity contribution is -0.137. The molecule has 0 aliphatic carbocycles. The standard InChI is InChI=1S/C25H24F3N7O/c1-15(2)20-12-17-11-16(5-8-21(17)33-22(20)29)23(36)35(34(3)24-30-9-4-10-31-24)14-19-7-6-18(13-32-19)25(26,27)28/h4-13,15H,14H2,1-3H3,(H2,29,33). The molecule has 4 aromatic rings. The Labute approximate surface area is 205 Å². The molecule has 0 bridgehead atoms. The molecule has 0 saturated carbocycles.